The van der Waals surface area contributed by atoms with Gasteiger partial charge in [0.2, 0.25) is 0 Å². The van der Waals surface area contributed by atoms with Gasteiger partial charge in [0.05, 0.1) is 0 Å². The average molecular weight is 318 g/mol. The number of fused-ring (bicyclic) bond motifs is 3. The molecule has 1 aromatic carbocycles. The highest BCUT2D eigenvalue weighted by atomic mass is 14.7. The minimum atomic E-state index is 0.650. The van der Waals surface area contributed by atoms with Crippen molar-refractivity contribution in [3.05, 3.63) is 64.6 Å². The fourth-order valence-electron chi connectivity index (χ4n) is 4.11. The van der Waals surface area contributed by atoms with Crippen molar-refractivity contribution in [1.29, 1.82) is 0 Å². The van der Waals surface area contributed by atoms with Crippen molar-refractivity contribution in [3.63, 3.8) is 0 Å². The number of benzene rings is 1. The van der Waals surface area contributed by atoms with E-state index in [9.17, 15) is 0 Å². The lowest BCUT2D eigenvalue weighted by Crippen LogP contribution is -2.02. The fraction of sp³-hybridized carbons (Fsp3) is 0.409. The molecule has 4 rings (SSSR count). The van der Waals surface area contributed by atoms with Crippen LogP contribution in [0.15, 0.2) is 36.5 Å². The molecule has 2 heteroatoms. The maximum Gasteiger partial charge on any atom is 0.0459 e. The van der Waals surface area contributed by atoms with Gasteiger partial charge in [-0.3, -0.25) is 4.98 Å². The van der Waals surface area contributed by atoms with Gasteiger partial charge in [-0.1, -0.05) is 24.1 Å². The second-order valence-electron chi connectivity index (χ2n) is 7.36. The van der Waals surface area contributed by atoms with Crippen molar-refractivity contribution in [3.8, 4) is 0 Å². The third-order valence-electron chi connectivity index (χ3n) is 5.49. The minimum Gasteiger partial charge on any atom is -0.358 e. The zero-order chi connectivity index (χ0) is 16.5. The van der Waals surface area contributed by atoms with E-state index in [2.05, 4.69) is 47.2 Å². The lowest BCUT2D eigenvalue weighted by Gasteiger charge is -2.15. The van der Waals surface area contributed by atoms with Gasteiger partial charge in [-0.05, 0) is 81.2 Å². The minimum absolute atomic E-state index is 0.650. The summed E-state index contributed by atoms with van der Waals surface area (Å²) < 4.78 is 0. The number of aryl methyl sites for hydroxylation is 4. The molecule has 0 fully saturated rings. The van der Waals surface area contributed by atoms with Crippen LogP contribution < -0.4 is 0 Å². The summed E-state index contributed by atoms with van der Waals surface area (Å²) in [5.41, 5.74) is 8.22. The van der Waals surface area contributed by atoms with E-state index >= 15 is 0 Å². The molecule has 3 aromatic rings. The van der Waals surface area contributed by atoms with Crippen LogP contribution in [0.4, 0.5) is 0 Å². The van der Waals surface area contributed by atoms with Gasteiger partial charge in [0.15, 0.2) is 0 Å². The molecule has 0 amide bonds. The number of aromatic nitrogens is 2. The van der Waals surface area contributed by atoms with Crippen LogP contribution in [0, 0.1) is 13.8 Å². The van der Waals surface area contributed by atoms with Crippen LogP contribution in [0.1, 0.15) is 59.7 Å². The van der Waals surface area contributed by atoms with Crippen LogP contribution in [0.2, 0.25) is 0 Å². The Morgan fingerprint density at radius 2 is 2.04 bits per heavy atom. The quantitative estimate of drug-likeness (QED) is 0.624. The maximum absolute atomic E-state index is 4.44. The van der Waals surface area contributed by atoms with Gasteiger partial charge in [0, 0.05) is 28.5 Å². The number of hydrogen-bond acceptors (Lipinski definition) is 1. The van der Waals surface area contributed by atoms with Crippen LogP contribution in [-0.2, 0) is 12.8 Å². The van der Waals surface area contributed by atoms with E-state index in [1.807, 2.05) is 13.1 Å². The third kappa shape index (κ3) is 2.98. The summed E-state index contributed by atoms with van der Waals surface area (Å²) in [5, 5.41) is 1.45. The Labute approximate surface area is 144 Å². The summed E-state index contributed by atoms with van der Waals surface area (Å²) in [4.78, 5) is 8.21. The SMILES string of the molecule is Cc1ccc2[nH]c3c(c2c1)CCCCC3CCc1ccc(C)nc1. The first-order valence-corrected chi connectivity index (χ1v) is 9.23. The van der Waals surface area contributed by atoms with E-state index in [0.717, 1.165) is 12.1 Å². The molecule has 2 heterocycles. The summed E-state index contributed by atoms with van der Waals surface area (Å²) in [7, 11) is 0. The Morgan fingerprint density at radius 1 is 1.12 bits per heavy atom. The number of pyridine rings is 1. The first-order chi connectivity index (χ1) is 11.7. The lowest BCUT2D eigenvalue weighted by atomic mass is 9.92. The van der Waals surface area contributed by atoms with Crippen molar-refractivity contribution in [2.24, 2.45) is 0 Å². The molecule has 1 unspecified atom stereocenters. The van der Waals surface area contributed by atoms with Crippen molar-refractivity contribution < 1.29 is 0 Å². The summed E-state index contributed by atoms with van der Waals surface area (Å²) in [5.74, 6) is 0.650. The predicted molar refractivity (Wildman–Crippen MR) is 101 cm³/mol. The van der Waals surface area contributed by atoms with Crippen molar-refractivity contribution >= 4 is 10.9 Å². The molecule has 1 atom stereocenters. The molecule has 124 valence electrons. The van der Waals surface area contributed by atoms with Crippen LogP contribution in [-0.4, -0.2) is 9.97 Å². The van der Waals surface area contributed by atoms with Crippen molar-refractivity contribution in [1.82, 2.24) is 9.97 Å². The maximum atomic E-state index is 4.44. The number of aromatic amines is 1. The molecule has 1 aliphatic rings. The summed E-state index contributed by atoms with van der Waals surface area (Å²) in [6.45, 7) is 4.24. The Morgan fingerprint density at radius 3 is 2.88 bits per heavy atom. The van der Waals surface area contributed by atoms with Crippen LogP contribution in [0.3, 0.4) is 0 Å². The molecule has 0 spiro atoms. The molecule has 24 heavy (non-hydrogen) atoms. The van der Waals surface area contributed by atoms with E-state index in [1.54, 1.807) is 5.56 Å². The largest absolute Gasteiger partial charge is 0.358 e. The number of H-pyrrole nitrogens is 1. The molecule has 1 aliphatic carbocycles. The van der Waals surface area contributed by atoms with Gasteiger partial charge in [-0.2, -0.15) is 0 Å². The number of nitrogens with one attached hydrogen (secondary N) is 1. The first kappa shape index (κ1) is 15.4. The van der Waals surface area contributed by atoms with Gasteiger partial charge in [-0.25, -0.2) is 0 Å². The highest BCUT2D eigenvalue weighted by molar-refractivity contribution is 5.85. The van der Waals surface area contributed by atoms with Crippen LogP contribution in [0.25, 0.3) is 10.9 Å². The zero-order valence-corrected chi connectivity index (χ0v) is 14.7. The highest BCUT2D eigenvalue weighted by Crippen LogP contribution is 2.37. The Bertz CT molecular complexity index is 842. The lowest BCUT2D eigenvalue weighted by molar-refractivity contribution is 0.549. The monoisotopic (exact) mass is 318 g/mol. The van der Waals surface area contributed by atoms with E-state index in [0.29, 0.717) is 5.92 Å². The summed E-state index contributed by atoms with van der Waals surface area (Å²) in [6, 6.07) is 11.2. The number of nitrogens with zero attached hydrogens (tertiary/aromatic N) is 1. The highest BCUT2D eigenvalue weighted by Gasteiger charge is 2.22. The van der Waals surface area contributed by atoms with Crippen LogP contribution >= 0.6 is 0 Å². The van der Waals surface area contributed by atoms with Gasteiger partial charge in [0.25, 0.3) is 0 Å². The van der Waals surface area contributed by atoms with E-state index in [1.165, 1.54) is 59.8 Å². The van der Waals surface area contributed by atoms with E-state index < -0.39 is 0 Å². The average Bonchev–Trinajstić information content (AvgIpc) is 2.81. The molecule has 0 bridgehead atoms. The second-order valence-corrected chi connectivity index (χ2v) is 7.36. The predicted octanol–water partition coefficient (Wildman–Crippen LogP) is 5.62. The number of rotatable bonds is 3. The third-order valence-corrected chi connectivity index (χ3v) is 5.49. The molecule has 2 nitrogen and oxygen atoms in total. The van der Waals surface area contributed by atoms with Gasteiger partial charge >= 0.3 is 0 Å². The normalized spacial score (nSPS) is 17.7. The topological polar surface area (TPSA) is 28.7 Å². The molecule has 0 saturated carbocycles. The van der Waals surface area contributed by atoms with Crippen molar-refractivity contribution in [2.75, 3.05) is 0 Å². The van der Waals surface area contributed by atoms with E-state index in [-0.39, 0.29) is 0 Å². The molecule has 0 radical (unpaired) electrons. The van der Waals surface area contributed by atoms with Crippen molar-refractivity contribution in [2.45, 2.75) is 58.3 Å². The molecule has 2 aromatic heterocycles. The molecule has 0 aliphatic heterocycles. The Hall–Kier alpha value is -2.09. The second kappa shape index (κ2) is 6.43. The smallest absolute Gasteiger partial charge is 0.0459 e. The van der Waals surface area contributed by atoms with Gasteiger partial charge in [0.1, 0.15) is 0 Å². The van der Waals surface area contributed by atoms with Gasteiger partial charge in [-0.15, -0.1) is 0 Å². The molecular weight excluding hydrogens is 292 g/mol. The Kier molecular flexibility index (Phi) is 4.13. The van der Waals surface area contributed by atoms with E-state index in [4.69, 9.17) is 0 Å². The molecule has 1 N–H and O–H groups in total. The van der Waals surface area contributed by atoms with Gasteiger partial charge < -0.3 is 4.98 Å². The standard InChI is InChI=1S/C22H26N2/c1-15-7-12-21-20(13-15)19-6-4-3-5-18(22(19)24-21)11-10-17-9-8-16(2)23-14-17/h7-9,12-14,18,24H,3-6,10-11H2,1-2H3. The summed E-state index contributed by atoms with van der Waals surface area (Å²) >= 11 is 0. The Balaban J connectivity index is 1.62. The number of hydrogen-bond donors (Lipinski definition) is 1. The fourth-order valence-corrected chi connectivity index (χ4v) is 4.11. The summed E-state index contributed by atoms with van der Waals surface area (Å²) in [6.07, 6.45) is 9.55. The molecule has 0 saturated heterocycles. The molecular formula is C22H26N2. The zero-order valence-electron chi connectivity index (χ0n) is 14.7. The van der Waals surface area contributed by atoms with Crippen LogP contribution in [0.5, 0.6) is 0 Å². The first-order valence-electron chi connectivity index (χ1n) is 9.23.